The Labute approximate surface area is 143 Å². The molecule has 2 rings (SSSR count). The second kappa shape index (κ2) is 7.97. The number of hydrogen-bond donors (Lipinski definition) is 1. The first-order valence-electron chi connectivity index (χ1n) is 7.71. The molecule has 0 saturated heterocycles. The molecule has 0 aliphatic carbocycles. The summed E-state index contributed by atoms with van der Waals surface area (Å²) in [6.07, 6.45) is 1.26. The van der Waals surface area contributed by atoms with E-state index in [1.54, 1.807) is 18.2 Å². The Morgan fingerprint density at radius 2 is 1.79 bits per heavy atom. The van der Waals surface area contributed by atoms with Crippen LogP contribution < -0.4 is 9.62 Å². The molecule has 0 aliphatic rings. The Bertz CT molecular complexity index is 789. The largest absolute Gasteiger partial charge is 0.352 e. The van der Waals surface area contributed by atoms with E-state index in [0.717, 1.165) is 17.4 Å². The molecule has 0 aliphatic heterocycles. The van der Waals surface area contributed by atoms with Gasteiger partial charge in [-0.1, -0.05) is 42.5 Å². The van der Waals surface area contributed by atoms with Crippen LogP contribution in [0.5, 0.6) is 0 Å². The van der Waals surface area contributed by atoms with Crippen molar-refractivity contribution in [1.29, 1.82) is 0 Å². The smallest absolute Gasteiger partial charge is 0.232 e. The molecular weight excluding hydrogens is 324 g/mol. The van der Waals surface area contributed by atoms with Crippen LogP contribution in [0.4, 0.5) is 5.69 Å². The molecule has 0 heterocycles. The average Bonchev–Trinajstić information content (AvgIpc) is 2.53. The summed E-state index contributed by atoms with van der Waals surface area (Å²) in [6, 6.07) is 16.8. The highest BCUT2D eigenvalue weighted by Gasteiger charge is 2.18. The zero-order chi connectivity index (χ0) is 17.6. The van der Waals surface area contributed by atoms with Crippen LogP contribution in [0.25, 0.3) is 0 Å². The van der Waals surface area contributed by atoms with Crippen LogP contribution in [-0.4, -0.2) is 27.1 Å². The van der Waals surface area contributed by atoms with Gasteiger partial charge in [0.05, 0.1) is 11.9 Å². The lowest BCUT2D eigenvalue weighted by Gasteiger charge is -2.22. The second-order valence-corrected chi connectivity index (χ2v) is 7.59. The quantitative estimate of drug-likeness (QED) is 0.837. The van der Waals surface area contributed by atoms with Gasteiger partial charge >= 0.3 is 0 Å². The summed E-state index contributed by atoms with van der Waals surface area (Å²) in [4.78, 5) is 12.0. The normalized spacial score (nSPS) is 11.1. The van der Waals surface area contributed by atoms with E-state index in [2.05, 4.69) is 5.32 Å². The number of hydrogen-bond acceptors (Lipinski definition) is 3. The van der Waals surface area contributed by atoms with E-state index >= 15 is 0 Å². The lowest BCUT2D eigenvalue weighted by Crippen LogP contribution is -2.34. The van der Waals surface area contributed by atoms with E-state index in [1.165, 1.54) is 4.31 Å². The fourth-order valence-electron chi connectivity index (χ4n) is 2.36. The number of rotatable bonds is 7. The van der Waals surface area contributed by atoms with Gasteiger partial charge in [-0.15, -0.1) is 0 Å². The molecule has 0 fully saturated rings. The lowest BCUT2D eigenvalue weighted by molar-refractivity contribution is -0.121. The SMILES string of the molecule is Cc1cccc(N(CCC(=O)NCc2ccccc2)S(C)(=O)=O)c1. The predicted octanol–water partition coefficient (Wildman–Crippen LogP) is 2.47. The maximum absolute atomic E-state index is 12.0. The van der Waals surface area contributed by atoms with E-state index in [0.29, 0.717) is 12.2 Å². The van der Waals surface area contributed by atoms with Crippen molar-refractivity contribution in [2.75, 3.05) is 17.1 Å². The van der Waals surface area contributed by atoms with Crippen molar-refractivity contribution in [3.63, 3.8) is 0 Å². The van der Waals surface area contributed by atoms with E-state index < -0.39 is 10.0 Å². The van der Waals surface area contributed by atoms with Crippen molar-refractivity contribution < 1.29 is 13.2 Å². The third kappa shape index (κ3) is 5.38. The first-order valence-corrected chi connectivity index (χ1v) is 9.56. The number of nitrogens with one attached hydrogen (secondary N) is 1. The molecule has 5 nitrogen and oxygen atoms in total. The molecule has 0 radical (unpaired) electrons. The van der Waals surface area contributed by atoms with Gasteiger partial charge < -0.3 is 5.32 Å². The van der Waals surface area contributed by atoms with Crippen molar-refractivity contribution in [3.05, 3.63) is 65.7 Å². The first kappa shape index (κ1) is 18.0. The molecule has 6 heteroatoms. The molecule has 0 saturated carbocycles. The van der Waals surface area contributed by atoms with Gasteiger partial charge in [0.2, 0.25) is 15.9 Å². The average molecular weight is 346 g/mol. The van der Waals surface area contributed by atoms with Crippen molar-refractivity contribution in [2.45, 2.75) is 19.9 Å². The minimum Gasteiger partial charge on any atom is -0.352 e. The predicted molar refractivity (Wildman–Crippen MR) is 96.3 cm³/mol. The number of amides is 1. The van der Waals surface area contributed by atoms with Crippen molar-refractivity contribution in [1.82, 2.24) is 5.32 Å². The second-order valence-electron chi connectivity index (χ2n) is 5.69. The van der Waals surface area contributed by atoms with Crippen LogP contribution >= 0.6 is 0 Å². The molecule has 0 aromatic heterocycles. The van der Waals surface area contributed by atoms with E-state index in [9.17, 15) is 13.2 Å². The maximum Gasteiger partial charge on any atom is 0.232 e. The molecule has 2 aromatic rings. The summed E-state index contributed by atoms with van der Waals surface area (Å²) in [5.74, 6) is -0.180. The molecule has 0 unspecified atom stereocenters. The first-order chi connectivity index (χ1) is 11.4. The Balaban J connectivity index is 1.97. The monoisotopic (exact) mass is 346 g/mol. The molecule has 0 bridgehead atoms. The Morgan fingerprint density at radius 1 is 1.08 bits per heavy atom. The molecule has 0 atom stereocenters. The highest BCUT2D eigenvalue weighted by Crippen LogP contribution is 2.19. The van der Waals surface area contributed by atoms with Gasteiger partial charge in [0.15, 0.2) is 0 Å². The Morgan fingerprint density at radius 3 is 2.42 bits per heavy atom. The van der Waals surface area contributed by atoms with E-state index in [-0.39, 0.29) is 18.9 Å². The van der Waals surface area contributed by atoms with Crippen LogP contribution in [-0.2, 0) is 21.4 Å². The van der Waals surface area contributed by atoms with Crippen LogP contribution in [0, 0.1) is 6.92 Å². The van der Waals surface area contributed by atoms with Gasteiger partial charge in [-0.3, -0.25) is 9.10 Å². The van der Waals surface area contributed by atoms with E-state index in [1.807, 2.05) is 43.3 Å². The Hall–Kier alpha value is -2.34. The molecule has 128 valence electrons. The van der Waals surface area contributed by atoms with Crippen LogP contribution in [0.1, 0.15) is 17.5 Å². The molecule has 2 aromatic carbocycles. The number of sulfonamides is 1. The number of anilines is 1. The summed E-state index contributed by atoms with van der Waals surface area (Å²) in [5, 5.41) is 2.81. The molecule has 1 amide bonds. The van der Waals surface area contributed by atoms with Crippen molar-refractivity contribution >= 4 is 21.6 Å². The Kier molecular flexibility index (Phi) is 5.98. The number of benzene rings is 2. The summed E-state index contributed by atoms with van der Waals surface area (Å²) < 4.78 is 25.3. The topological polar surface area (TPSA) is 66.5 Å². The molecule has 1 N–H and O–H groups in total. The number of nitrogens with zero attached hydrogens (tertiary/aromatic N) is 1. The van der Waals surface area contributed by atoms with Gasteiger partial charge in [0, 0.05) is 19.5 Å². The van der Waals surface area contributed by atoms with Gasteiger partial charge in [0.1, 0.15) is 0 Å². The third-order valence-electron chi connectivity index (χ3n) is 3.56. The fraction of sp³-hybridized carbons (Fsp3) is 0.278. The van der Waals surface area contributed by atoms with E-state index in [4.69, 9.17) is 0 Å². The summed E-state index contributed by atoms with van der Waals surface area (Å²) in [6.45, 7) is 2.45. The van der Waals surface area contributed by atoms with Crippen LogP contribution in [0.15, 0.2) is 54.6 Å². The summed E-state index contributed by atoms with van der Waals surface area (Å²) in [7, 11) is -3.44. The lowest BCUT2D eigenvalue weighted by atomic mass is 10.2. The van der Waals surface area contributed by atoms with Crippen molar-refractivity contribution in [2.24, 2.45) is 0 Å². The maximum atomic E-state index is 12.0. The zero-order valence-electron chi connectivity index (χ0n) is 13.9. The van der Waals surface area contributed by atoms with Crippen molar-refractivity contribution in [3.8, 4) is 0 Å². The summed E-state index contributed by atoms with van der Waals surface area (Å²) >= 11 is 0. The molecule has 24 heavy (non-hydrogen) atoms. The summed E-state index contributed by atoms with van der Waals surface area (Å²) in [5.41, 5.74) is 2.55. The third-order valence-corrected chi connectivity index (χ3v) is 4.76. The van der Waals surface area contributed by atoms with Gasteiger partial charge in [0.25, 0.3) is 0 Å². The zero-order valence-corrected chi connectivity index (χ0v) is 14.7. The minimum atomic E-state index is -3.44. The van der Waals surface area contributed by atoms with Gasteiger partial charge in [-0.25, -0.2) is 8.42 Å². The molecular formula is C18H22N2O3S. The van der Waals surface area contributed by atoms with Gasteiger partial charge in [-0.2, -0.15) is 0 Å². The van der Waals surface area contributed by atoms with Gasteiger partial charge in [-0.05, 0) is 30.2 Å². The fourth-order valence-corrected chi connectivity index (χ4v) is 3.28. The minimum absolute atomic E-state index is 0.105. The van der Waals surface area contributed by atoms with Crippen LogP contribution in [0.3, 0.4) is 0 Å². The number of carbonyl (C=O) groups is 1. The number of carbonyl (C=O) groups excluding carboxylic acids is 1. The highest BCUT2D eigenvalue weighted by molar-refractivity contribution is 7.92. The highest BCUT2D eigenvalue weighted by atomic mass is 32.2. The number of aryl methyl sites for hydroxylation is 1. The molecule has 0 spiro atoms. The van der Waals surface area contributed by atoms with Crippen LogP contribution in [0.2, 0.25) is 0 Å². The standard InChI is InChI=1S/C18H22N2O3S/c1-15-7-6-10-17(13-15)20(24(2,22)23)12-11-18(21)19-14-16-8-4-3-5-9-16/h3-10,13H,11-12,14H2,1-2H3,(H,19,21).